The minimum Gasteiger partial charge on any atom is -0.393 e. The van der Waals surface area contributed by atoms with Gasteiger partial charge in [-0.25, -0.2) is 0 Å². The Morgan fingerprint density at radius 2 is 2.14 bits per heavy atom. The highest BCUT2D eigenvalue weighted by Crippen LogP contribution is 2.42. The SMILES string of the molecule is OC1CCCC(Cl)(c2cc[c]cc2)C1. The van der Waals surface area contributed by atoms with Gasteiger partial charge in [0.05, 0.1) is 11.0 Å². The molecule has 0 saturated heterocycles. The molecule has 1 saturated carbocycles. The molecule has 2 unspecified atom stereocenters. The molecule has 75 valence electrons. The van der Waals surface area contributed by atoms with Crippen molar-refractivity contribution in [3.05, 3.63) is 35.9 Å². The molecule has 14 heavy (non-hydrogen) atoms. The highest BCUT2D eigenvalue weighted by Gasteiger charge is 2.35. The van der Waals surface area contributed by atoms with E-state index < -0.39 is 0 Å². The van der Waals surface area contributed by atoms with E-state index in [-0.39, 0.29) is 11.0 Å². The first-order valence-electron chi connectivity index (χ1n) is 5.04. The molecular weight excluding hydrogens is 196 g/mol. The lowest BCUT2D eigenvalue weighted by Gasteiger charge is -2.34. The summed E-state index contributed by atoms with van der Waals surface area (Å²) in [6.45, 7) is 0. The Kier molecular flexibility index (Phi) is 2.80. The second-order valence-electron chi connectivity index (χ2n) is 4.00. The van der Waals surface area contributed by atoms with Crippen molar-refractivity contribution in [3.8, 4) is 0 Å². The van der Waals surface area contributed by atoms with Gasteiger partial charge in [-0.05, 0) is 37.3 Å². The number of benzene rings is 1. The Morgan fingerprint density at radius 3 is 2.79 bits per heavy atom. The largest absolute Gasteiger partial charge is 0.393 e. The topological polar surface area (TPSA) is 20.2 Å². The molecule has 0 heterocycles. The van der Waals surface area contributed by atoms with Gasteiger partial charge >= 0.3 is 0 Å². The minimum absolute atomic E-state index is 0.245. The van der Waals surface area contributed by atoms with E-state index in [1.807, 2.05) is 24.3 Å². The molecule has 1 radical (unpaired) electrons. The molecule has 1 fully saturated rings. The van der Waals surface area contributed by atoms with Gasteiger partial charge in [0, 0.05) is 0 Å². The lowest BCUT2D eigenvalue weighted by Crippen LogP contribution is -2.30. The van der Waals surface area contributed by atoms with Crippen molar-refractivity contribution < 1.29 is 5.11 Å². The van der Waals surface area contributed by atoms with Crippen LogP contribution in [0.5, 0.6) is 0 Å². The van der Waals surface area contributed by atoms with E-state index in [9.17, 15) is 5.11 Å². The van der Waals surface area contributed by atoms with Crippen LogP contribution in [0, 0.1) is 6.07 Å². The molecule has 0 aromatic heterocycles. The van der Waals surface area contributed by atoms with Crippen molar-refractivity contribution in [2.45, 2.75) is 36.7 Å². The predicted molar refractivity (Wildman–Crippen MR) is 57.3 cm³/mol. The standard InChI is InChI=1S/C12H14ClO/c13-12(8-4-7-11(14)9-12)10-5-2-1-3-6-10/h2-3,5-6,11,14H,4,7-9H2. The molecule has 0 bridgehead atoms. The van der Waals surface area contributed by atoms with E-state index in [2.05, 4.69) is 6.07 Å². The minimum atomic E-state index is -0.354. The number of hydrogen-bond donors (Lipinski definition) is 1. The van der Waals surface area contributed by atoms with Crippen molar-refractivity contribution in [2.75, 3.05) is 0 Å². The van der Waals surface area contributed by atoms with Gasteiger partial charge in [0.1, 0.15) is 0 Å². The Labute approximate surface area is 89.7 Å². The van der Waals surface area contributed by atoms with E-state index in [1.54, 1.807) is 0 Å². The fraction of sp³-hybridized carbons (Fsp3) is 0.500. The summed E-state index contributed by atoms with van der Waals surface area (Å²) in [5.74, 6) is 0. The molecule has 2 heteroatoms. The highest BCUT2D eigenvalue weighted by molar-refractivity contribution is 6.24. The zero-order valence-electron chi connectivity index (χ0n) is 8.04. The summed E-state index contributed by atoms with van der Waals surface area (Å²) in [5.41, 5.74) is 1.11. The summed E-state index contributed by atoms with van der Waals surface area (Å²) in [7, 11) is 0. The van der Waals surface area contributed by atoms with Crippen LogP contribution in [-0.2, 0) is 4.87 Å². The van der Waals surface area contributed by atoms with Crippen molar-refractivity contribution in [1.82, 2.24) is 0 Å². The van der Waals surface area contributed by atoms with E-state index >= 15 is 0 Å². The maximum Gasteiger partial charge on any atom is 0.0719 e. The first-order chi connectivity index (χ1) is 6.71. The first-order valence-corrected chi connectivity index (χ1v) is 5.42. The van der Waals surface area contributed by atoms with Gasteiger partial charge in [-0.1, -0.05) is 24.3 Å². The number of rotatable bonds is 1. The van der Waals surface area contributed by atoms with Crippen LogP contribution in [0.1, 0.15) is 31.2 Å². The Bertz CT molecular complexity index is 298. The van der Waals surface area contributed by atoms with Gasteiger partial charge < -0.3 is 5.11 Å². The van der Waals surface area contributed by atoms with Crippen molar-refractivity contribution >= 4 is 11.6 Å². The molecule has 2 rings (SSSR count). The summed E-state index contributed by atoms with van der Waals surface area (Å²) in [6, 6.07) is 10.7. The van der Waals surface area contributed by atoms with Gasteiger partial charge in [0.2, 0.25) is 0 Å². The van der Waals surface area contributed by atoms with Gasteiger partial charge in [0.25, 0.3) is 0 Å². The lowest BCUT2D eigenvalue weighted by atomic mass is 9.82. The van der Waals surface area contributed by atoms with Crippen molar-refractivity contribution in [2.24, 2.45) is 0 Å². The fourth-order valence-electron chi connectivity index (χ4n) is 2.14. The zero-order chi connectivity index (χ0) is 10.0. The second kappa shape index (κ2) is 3.92. The van der Waals surface area contributed by atoms with E-state index in [1.165, 1.54) is 0 Å². The van der Waals surface area contributed by atoms with Gasteiger partial charge in [-0.2, -0.15) is 0 Å². The number of hydrogen-bond acceptors (Lipinski definition) is 1. The van der Waals surface area contributed by atoms with E-state index in [0.717, 1.165) is 24.8 Å². The highest BCUT2D eigenvalue weighted by atomic mass is 35.5. The maximum atomic E-state index is 9.61. The molecule has 1 N–H and O–H groups in total. The predicted octanol–water partition coefficient (Wildman–Crippen LogP) is 2.86. The van der Waals surface area contributed by atoms with Crippen LogP contribution in [-0.4, -0.2) is 11.2 Å². The third-order valence-electron chi connectivity index (χ3n) is 2.91. The van der Waals surface area contributed by atoms with Gasteiger partial charge in [0.15, 0.2) is 0 Å². The average molecular weight is 210 g/mol. The third kappa shape index (κ3) is 1.94. The fourth-order valence-corrected chi connectivity index (χ4v) is 2.58. The third-order valence-corrected chi connectivity index (χ3v) is 3.47. The summed E-state index contributed by atoms with van der Waals surface area (Å²) in [5, 5.41) is 9.61. The average Bonchev–Trinajstić information content (AvgIpc) is 2.19. The molecule has 2 atom stereocenters. The van der Waals surface area contributed by atoms with Gasteiger partial charge in [-0.15, -0.1) is 11.6 Å². The number of alkyl halides is 1. The smallest absolute Gasteiger partial charge is 0.0719 e. The van der Waals surface area contributed by atoms with Crippen LogP contribution in [0.25, 0.3) is 0 Å². The van der Waals surface area contributed by atoms with Crippen LogP contribution in [0.4, 0.5) is 0 Å². The van der Waals surface area contributed by atoms with Crippen molar-refractivity contribution in [3.63, 3.8) is 0 Å². The maximum absolute atomic E-state index is 9.61. The van der Waals surface area contributed by atoms with Crippen LogP contribution < -0.4 is 0 Å². The quantitative estimate of drug-likeness (QED) is 0.706. The molecular formula is C12H14ClO. The molecule has 1 nitrogen and oxygen atoms in total. The first kappa shape index (κ1) is 10.0. The van der Waals surface area contributed by atoms with Crippen LogP contribution in [0.3, 0.4) is 0 Å². The molecule has 1 aliphatic carbocycles. The Hall–Kier alpha value is -0.530. The summed E-state index contributed by atoms with van der Waals surface area (Å²) >= 11 is 6.52. The molecule has 1 aromatic carbocycles. The molecule has 0 amide bonds. The lowest BCUT2D eigenvalue weighted by molar-refractivity contribution is 0.109. The van der Waals surface area contributed by atoms with Crippen LogP contribution in [0.15, 0.2) is 24.3 Å². The number of aliphatic hydroxyl groups excluding tert-OH is 1. The Morgan fingerprint density at radius 1 is 1.43 bits per heavy atom. The van der Waals surface area contributed by atoms with Crippen LogP contribution >= 0.6 is 11.6 Å². The van der Waals surface area contributed by atoms with Crippen molar-refractivity contribution in [1.29, 1.82) is 0 Å². The van der Waals surface area contributed by atoms with Gasteiger partial charge in [-0.3, -0.25) is 0 Å². The van der Waals surface area contributed by atoms with E-state index in [0.29, 0.717) is 6.42 Å². The Balaban J connectivity index is 2.23. The number of halogens is 1. The monoisotopic (exact) mass is 209 g/mol. The van der Waals surface area contributed by atoms with E-state index in [4.69, 9.17) is 11.6 Å². The summed E-state index contributed by atoms with van der Waals surface area (Å²) in [4.78, 5) is -0.354. The molecule has 0 aliphatic heterocycles. The zero-order valence-corrected chi connectivity index (χ0v) is 8.80. The van der Waals surface area contributed by atoms with Crippen LogP contribution in [0.2, 0.25) is 0 Å². The normalized spacial score (nSPS) is 32.9. The summed E-state index contributed by atoms with van der Waals surface area (Å²) < 4.78 is 0. The second-order valence-corrected chi connectivity index (χ2v) is 4.73. The molecule has 0 spiro atoms. The molecule has 1 aromatic rings. The molecule has 1 aliphatic rings. The summed E-state index contributed by atoms with van der Waals surface area (Å²) in [6.07, 6.45) is 3.26. The number of aliphatic hydroxyl groups is 1.